The zero-order valence-corrected chi connectivity index (χ0v) is 6.81. The molecule has 2 nitrogen and oxygen atoms in total. The first-order valence-electron chi connectivity index (χ1n) is 5.02. The molecule has 5 aliphatic rings. The molecule has 0 amide bonds. The topological polar surface area (TPSA) is 37.3 Å². The van der Waals surface area contributed by atoms with Gasteiger partial charge < -0.3 is 5.11 Å². The van der Waals surface area contributed by atoms with E-state index >= 15 is 0 Å². The number of carboxylic acids is 1. The molecule has 2 heteroatoms. The van der Waals surface area contributed by atoms with Crippen LogP contribution in [0.3, 0.4) is 0 Å². The van der Waals surface area contributed by atoms with Gasteiger partial charge in [-0.15, -0.1) is 0 Å². The zero-order valence-electron chi connectivity index (χ0n) is 6.81. The van der Waals surface area contributed by atoms with Gasteiger partial charge >= 0.3 is 5.97 Å². The molecule has 0 aromatic heterocycles. The third kappa shape index (κ3) is 0.395. The smallest absolute Gasteiger partial charge is 0.306 e. The van der Waals surface area contributed by atoms with Crippen LogP contribution in [0.1, 0.15) is 12.8 Å². The number of carboxylic acid groups (broad SMARTS) is 1. The molecule has 0 aromatic carbocycles. The first-order valence-corrected chi connectivity index (χ1v) is 5.02. The molecule has 0 unspecified atom stereocenters. The maximum absolute atomic E-state index is 10.9. The number of carbonyl (C=O) groups is 1. The van der Waals surface area contributed by atoms with E-state index in [9.17, 15) is 4.79 Å². The quantitative estimate of drug-likeness (QED) is 0.632. The molecule has 5 rings (SSSR count). The number of rotatable bonds is 1. The van der Waals surface area contributed by atoms with Gasteiger partial charge in [0.05, 0.1) is 5.92 Å². The number of aliphatic carboxylic acids is 1. The van der Waals surface area contributed by atoms with E-state index in [4.69, 9.17) is 5.11 Å². The van der Waals surface area contributed by atoms with E-state index in [0.717, 1.165) is 36.0 Å². The molecule has 12 heavy (non-hydrogen) atoms. The second-order valence-electron chi connectivity index (χ2n) is 5.14. The van der Waals surface area contributed by atoms with Gasteiger partial charge in [-0.05, 0) is 48.3 Å². The molecule has 0 heterocycles. The van der Waals surface area contributed by atoms with E-state index in [1.165, 1.54) is 6.42 Å². The Balaban J connectivity index is 1.79. The van der Waals surface area contributed by atoms with Gasteiger partial charge in [-0.1, -0.05) is 0 Å². The Kier molecular flexibility index (Phi) is 0.724. The number of hydrogen-bond acceptors (Lipinski definition) is 1. The lowest BCUT2D eigenvalue weighted by molar-refractivity contribution is -0.143. The van der Waals surface area contributed by atoms with Gasteiger partial charge in [0.2, 0.25) is 0 Å². The van der Waals surface area contributed by atoms with Crippen LogP contribution in [0.5, 0.6) is 0 Å². The van der Waals surface area contributed by atoms with E-state index in [1.807, 2.05) is 0 Å². The molecule has 6 bridgehead atoms. The van der Waals surface area contributed by atoms with Crippen molar-refractivity contribution < 1.29 is 9.90 Å². The molecular weight excluding hydrogens is 152 g/mol. The summed E-state index contributed by atoms with van der Waals surface area (Å²) >= 11 is 0. The normalized spacial score (nSPS) is 68.8. The molecule has 1 N–H and O–H groups in total. The molecule has 7 atom stereocenters. The minimum absolute atomic E-state index is 0.0498. The minimum atomic E-state index is -0.515. The SMILES string of the molecule is O=C(O)[C@H]1C[C@H]2[C@H]3C[C@H]4[C@H]2[C@H]4[C@H]31. The highest BCUT2D eigenvalue weighted by molar-refractivity contribution is 5.72. The lowest BCUT2D eigenvalue weighted by Crippen LogP contribution is -2.22. The van der Waals surface area contributed by atoms with Crippen LogP contribution in [-0.2, 0) is 4.79 Å². The molecule has 0 spiro atoms. The van der Waals surface area contributed by atoms with Crippen molar-refractivity contribution in [2.75, 3.05) is 0 Å². The Morgan fingerprint density at radius 1 is 1.00 bits per heavy atom. The Morgan fingerprint density at radius 2 is 1.75 bits per heavy atom. The molecule has 5 fully saturated rings. The highest BCUT2D eigenvalue weighted by Crippen LogP contribution is 2.82. The molecule has 0 radical (unpaired) electrons. The van der Waals surface area contributed by atoms with Gasteiger partial charge in [-0.25, -0.2) is 0 Å². The van der Waals surface area contributed by atoms with Crippen LogP contribution in [0.4, 0.5) is 0 Å². The summed E-state index contributed by atoms with van der Waals surface area (Å²) in [5.41, 5.74) is 0. The van der Waals surface area contributed by atoms with Gasteiger partial charge in [0.15, 0.2) is 0 Å². The standard InChI is InChI=1S/C10H12O2/c11-10(12)6-2-4-3-1-5-7(4)9(5)8(3)6/h3-9H,1-2H2,(H,11,12)/t3-,4+,5+,6+,7+,8-,9+/m1/s1. The lowest BCUT2D eigenvalue weighted by Gasteiger charge is -2.16. The molecular formula is C10H12O2. The average Bonchev–Trinajstić information content (AvgIpc) is 2.45. The van der Waals surface area contributed by atoms with E-state index in [-0.39, 0.29) is 5.92 Å². The fourth-order valence-electron chi connectivity index (χ4n) is 5.00. The van der Waals surface area contributed by atoms with Crippen LogP contribution in [0, 0.1) is 41.4 Å². The largest absolute Gasteiger partial charge is 0.481 e. The summed E-state index contributed by atoms with van der Waals surface area (Å²) in [5, 5.41) is 9.01. The third-order valence-electron chi connectivity index (χ3n) is 5.13. The summed E-state index contributed by atoms with van der Waals surface area (Å²) in [7, 11) is 0. The predicted octanol–water partition coefficient (Wildman–Crippen LogP) is 1.22. The zero-order chi connectivity index (χ0) is 8.03. The summed E-state index contributed by atoms with van der Waals surface area (Å²) < 4.78 is 0. The Bertz CT molecular complexity index is 286. The van der Waals surface area contributed by atoms with Gasteiger partial charge in [0, 0.05) is 0 Å². The summed E-state index contributed by atoms with van der Waals surface area (Å²) in [6.07, 6.45) is 2.40. The predicted molar refractivity (Wildman–Crippen MR) is 41.3 cm³/mol. The maximum atomic E-state index is 10.9. The van der Waals surface area contributed by atoms with Crippen LogP contribution in [0.25, 0.3) is 0 Å². The van der Waals surface area contributed by atoms with Crippen molar-refractivity contribution in [3.8, 4) is 0 Å². The Hall–Kier alpha value is -0.530. The second kappa shape index (κ2) is 1.45. The third-order valence-corrected chi connectivity index (χ3v) is 5.13. The fraction of sp³-hybridized carbons (Fsp3) is 0.900. The fourth-order valence-corrected chi connectivity index (χ4v) is 5.00. The van der Waals surface area contributed by atoms with Crippen LogP contribution in [0.15, 0.2) is 0 Å². The van der Waals surface area contributed by atoms with Crippen LogP contribution >= 0.6 is 0 Å². The Labute approximate surface area is 71.0 Å². The summed E-state index contributed by atoms with van der Waals surface area (Å²) in [6.45, 7) is 0. The maximum Gasteiger partial charge on any atom is 0.306 e. The van der Waals surface area contributed by atoms with Crippen LogP contribution < -0.4 is 0 Å². The van der Waals surface area contributed by atoms with Gasteiger partial charge in [0.1, 0.15) is 0 Å². The first kappa shape index (κ1) is 6.01. The number of hydrogen-bond donors (Lipinski definition) is 1. The highest BCUT2D eigenvalue weighted by Gasteiger charge is 2.78. The van der Waals surface area contributed by atoms with E-state index < -0.39 is 5.97 Å². The molecule has 64 valence electrons. The van der Waals surface area contributed by atoms with Crippen molar-refractivity contribution in [3.63, 3.8) is 0 Å². The van der Waals surface area contributed by atoms with Crippen LogP contribution in [-0.4, -0.2) is 11.1 Å². The second-order valence-corrected chi connectivity index (χ2v) is 5.14. The van der Waals surface area contributed by atoms with Crippen molar-refractivity contribution in [1.29, 1.82) is 0 Å². The molecule has 5 saturated carbocycles. The van der Waals surface area contributed by atoms with E-state index in [1.54, 1.807) is 0 Å². The summed E-state index contributed by atoms with van der Waals surface area (Å²) in [6, 6.07) is 0. The van der Waals surface area contributed by atoms with Crippen molar-refractivity contribution in [3.05, 3.63) is 0 Å². The molecule has 5 aliphatic carbocycles. The average molecular weight is 164 g/mol. The highest BCUT2D eigenvalue weighted by atomic mass is 16.4. The van der Waals surface area contributed by atoms with E-state index in [2.05, 4.69) is 0 Å². The molecule has 0 saturated heterocycles. The lowest BCUT2D eigenvalue weighted by atomic mass is 9.88. The first-order chi connectivity index (χ1) is 5.79. The van der Waals surface area contributed by atoms with Crippen molar-refractivity contribution in [1.82, 2.24) is 0 Å². The van der Waals surface area contributed by atoms with Crippen LogP contribution in [0.2, 0.25) is 0 Å². The molecule has 0 aromatic rings. The van der Waals surface area contributed by atoms with Crippen molar-refractivity contribution >= 4 is 5.97 Å². The minimum Gasteiger partial charge on any atom is -0.481 e. The Morgan fingerprint density at radius 3 is 2.25 bits per heavy atom. The monoisotopic (exact) mass is 164 g/mol. The summed E-state index contributed by atoms with van der Waals surface area (Å²) in [5.74, 6) is 4.67. The van der Waals surface area contributed by atoms with Gasteiger partial charge in [-0.3, -0.25) is 4.79 Å². The molecule has 0 aliphatic heterocycles. The van der Waals surface area contributed by atoms with Crippen molar-refractivity contribution in [2.45, 2.75) is 12.8 Å². The summed E-state index contributed by atoms with van der Waals surface area (Å²) in [4.78, 5) is 10.9. The van der Waals surface area contributed by atoms with E-state index in [0.29, 0.717) is 5.92 Å². The van der Waals surface area contributed by atoms with Crippen molar-refractivity contribution in [2.24, 2.45) is 41.4 Å². The van der Waals surface area contributed by atoms with Gasteiger partial charge in [-0.2, -0.15) is 0 Å². The van der Waals surface area contributed by atoms with Gasteiger partial charge in [0.25, 0.3) is 0 Å².